The SMILES string of the molecule is CCOC(=O)c1c(NC(=O)C(C)n2cc(C(=O)O)cn2)sc2c1CCCC2. The van der Waals surface area contributed by atoms with Gasteiger partial charge in [0.25, 0.3) is 0 Å². The molecule has 1 aliphatic carbocycles. The molecule has 144 valence electrons. The van der Waals surface area contributed by atoms with Gasteiger partial charge in [0.2, 0.25) is 5.91 Å². The van der Waals surface area contributed by atoms with Gasteiger partial charge in [-0.2, -0.15) is 5.10 Å². The Morgan fingerprint density at radius 2 is 2.11 bits per heavy atom. The maximum absolute atomic E-state index is 12.7. The number of fused-ring (bicyclic) bond motifs is 1. The van der Waals surface area contributed by atoms with E-state index in [4.69, 9.17) is 9.84 Å². The van der Waals surface area contributed by atoms with Gasteiger partial charge in [-0.25, -0.2) is 9.59 Å². The lowest BCUT2D eigenvalue weighted by molar-refractivity contribution is -0.119. The van der Waals surface area contributed by atoms with Crippen LogP contribution >= 0.6 is 11.3 Å². The molecule has 0 spiro atoms. The molecular weight excluding hydrogens is 370 g/mol. The zero-order valence-corrected chi connectivity index (χ0v) is 16.0. The summed E-state index contributed by atoms with van der Waals surface area (Å²) >= 11 is 1.41. The highest BCUT2D eigenvalue weighted by Crippen LogP contribution is 2.38. The summed E-state index contributed by atoms with van der Waals surface area (Å²) in [5.74, 6) is -1.91. The van der Waals surface area contributed by atoms with Crippen LogP contribution in [0.1, 0.15) is 63.9 Å². The molecule has 3 rings (SSSR count). The lowest BCUT2D eigenvalue weighted by Gasteiger charge is -2.14. The molecule has 1 atom stereocenters. The number of carboxylic acid groups (broad SMARTS) is 1. The molecule has 1 unspecified atom stereocenters. The van der Waals surface area contributed by atoms with Gasteiger partial charge in [0.1, 0.15) is 11.0 Å². The van der Waals surface area contributed by atoms with E-state index in [1.165, 1.54) is 28.4 Å². The van der Waals surface area contributed by atoms with E-state index in [1.54, 1.807) is 13.8 Å². The Balaban J connectivity index is 1.85. The molecule has 1 aliphatic rings. The Morgan fingerprint density at radius 3 is 2.78 bits per heavy atom. The number of carbonyl (C=O) groups is 3. The standard InChI is InChI=1S/C18H21N3O5S/c1-3-26-18(25)14-12-6-4-5-7-13(12)27-16(14)20-15(22)10(2)21-9-11(8-19-21)17(23)24/h8-10H,3-7H2,1-2H3,(H,20,22)(H,23,24). The second kappa shape index (κ2) is 7.91. The number of carbonyl (C=O) groups excluding carboxylic acids is 2. The summed E-state index contributed by atoms with van der Waals surface area (Å²) in [6.45, 7) is 3.62. The van der Waals surface area contributed by atoms with E-state index in [9.17, 15) is 14.4 Å². The number of ether oxygens (including phenoxy) is 1. The molecule has 8 nitrogen and oxygen atoms in total. The first kappa shape index (κ1) is 19.1. The molecular formula is C18H21N3O5S. The summed E-state index contributed by atoms with van der Waals surface area (Å²) < 4.78 is 6.47. The number of aromatic carboxylic acids is 1. The van der Waals surface area contributed by atoms with Gasteiger partial charge in [-0.3, -0.25) is 9.48 Å². The molecule has 0 radical (unpaired) electrons. The van der Waals surface area contributed by atoms with Crippen LogP contribution in [0.4, 0.5) is 5.00 Å². The molecule has 2 N–H and O–H groups in total. The third-order valence-corrected chi connectivity index (χ3v) is 5.72. The summed E-state index contributed by atoms with van der Waals surface area (Å²) in [4.78, 5) is 37.2. The number of nitrogens with one attached hydrogen (secondary N) is 1. The van der Waals surface area contributed by atoms with Crippen LogP contribution in [0.15, 0.2) is 12.4 Å². The fourth-order valence-electron chi connectivity index (χ4n) is 3.07. The molecule has 0 bridgehead atoms. The fraction of sp³-hybridized carbons (Fsp3) is 0.444. The van der Waals surface area contributed by atoms with Crippen LogP contribution < -0.4 is 5.32 Å². The number of aromatic nitrogens is 2. The highest BCUT2D eigenvalue weighted by atomic mass is 32.1. The largest absolute Gasteiger partial charge is 0.478 e. The smallest absolute Gasteiger partial charge is 0.341 e. The van der Waals surface area contributed by atoms with Gasteiger partial charge >= 0.3 is 11.9 Å². The van der Waals surface area contributed by atoms with Gasteiger partial charge in [0.05, 0.1) is 23.9 Å². The van der Waals surface area contributed by atoms with Crippen LogP contribution in [0.3, 0.4) is 0 Å². The molecule has 27 heavy (non-hydrogen) atoms. The number of aryl methyl sites for hydroxylation is 1. The molecule has 2 aromatic rings. The Hall–Kier alpha value is -2.68. The maximum Gasteiger partial charge on any atom is 0.341 e. The first-order chi connectivity index (χ1) is 12.9. The van der Waals surface area contributed by atoms with E-state index in [-0.39, 0.29) is 18.1 Å². The fourth-order valence-corrected chi connectivity index (χ4v) is 4.35. The summed E-state index contributed by atoms with van der Waals surface area (Å²) in [5.41, 5.74) is 1.43. The van der Waals surface area contributed by atoms with E-state index in [2.05, 4.69) is 10.4 Å². The normalized spacial score (nSPS) is 14.3. The first-order valence-corrected chi connectivity index (χ1v) is 9.64. The second-order valence-corrected chi connectivity index (χ2v) is 7.42. The van der Waals surface area contributed by atoms with Crippen molar-refractivity contribution in [1.82, 2.24) is 9.78 Å². The zero-order valence-electron chi connectivity index (χ0n) is 15.2. The van der Waals surface area contributed by atoms with Crippen molar-refractivity contribution in [2.24, 2.45) is 0 Å². The number of hydrogen-bond donors (Lipinski definition) is 2. The Labute approximate surface area is 160 Å². The van der Waals surface area contributed by atoms with Gasteiger partial charge < -0.3 is 15.2 Å². The topological polar surface area (TPSA) is 111 Å². The predicted molar refractivity (Wildman–Crippen MR) is 99.4 cm³/mol. The van der Waals surface area contributed by atoms with Crippen molar-refractivity contribution in [1.29, 1.82) is 0 Å². The van der Waals surface area contributed by atoms with Crippen LogP contribution in [0, 0.1) is 0 Å². The quantitative estimate of drug-likeness (QED) is 0.733. The highest BCUT2D eigenvalue weighted by molar-refractivity contribution is 7.17. The van der Waals surface area contributed by atoms with Gasteiger partial charge in [0, 0.05) is 11.1 Å². The van der Waals surface area contributed by atoms with Crippen molar-refractivity contribution in [3.05, 3.63) is 34.0 Å². The van der Waals surface area contributed by atoms with Crippen LogP contribution in [-0.2, 0) is 22.4 Å². The second-order valence-electron chi connectivity index (χ2n) is 6.31. The third-order valence-electron chi connectivity index (χ3n) is 4.51. The minimum Gasteiger partial charge on any atom is -0.478 e. The summed E-state index contributed by atoms with van der Waals surface area (Å²) in [6.07, 6.45) is 6.25. The molecule has 2 aromatic heterocycles. The number of thiophene rings is 1. The molecule has 0 aliphatic heterocycles. The third kappa shape index (κ3) is 3.87. The number of nitrogens with zero attached hydrogens (tertiary/aromatic N) is 2. The van der Waals surface area contributed by atoms with Gasteiger partial charge in [-0.05, 0) is 45.1 Å². The average molecular weight is 391 g/mol. The lowest BCUT2D eigenvalue weighted by atomic mass is 9.95. The van der Waals surface area contributed by atoms with E-state index in [0.717, 1.165) is 36.1 Å². The highest BCUT2D eigenvalue weighted by Gasteiger charge is 2.28. The summed E-state index contributed by atoms with van der Waals surface area (Å²) in [5, 5.41) is 16.2. The molecule has 0 aromatic carbocycles. The van der Waals surface area contributed by atoms with Crippen LogP contribution in [0.25, 0.3) is 0 Å². The van der Waals surface area contributed by atoms with Crippen LogP contribution in [-0.4, -0.2) is 39.3 Å². The predicted octanol–water partition coefficient (Wildman–Crippen LogP) is 2.90. The monoisotopic (exact) mass is 391 g/mol. The number of rotatable bonds is 6. The zero-order chi connectivity index (χ0) is 19.6. The first-order valence-electron chi connectivity index (χ1n) is 8.82. The Bertz CT molecular complexity index is 886. The van der Waals surface area contributed by atoms with Crippen molar-refractivity contribution < 1.29 is 24.2 Å². The van der Waals surface area contributed by atoms with E-state index < -0.39 is 18.0 Å². The van der Waals surface area contributed by atoms with Gasteiger partial charge in [-0.1, -0.05) is 0 Å². The maximum atomic E-state index is 12.7. The molecule has 9 heteroatoms. The minimum absolute atomic E-state index is 0.00782. The molecule has 0 fully saturated rings. The van der Waals surface area contributed by atoms with Crippen molar-refractivity contribution in [2.75, 3.05) is 11.9 Å². The minimum atomic E-state index is -1.11. The summed E-state index contributed by atoms with van der Waals surface area (Å²) in [6, 6.07) is -0.729. The van der Waals surface area contributed by atoms with Crippen LogP contribution in [0.2, 0.25) is 0 Å². The van der Waals surface area contributed by atoms with E-state index >= 15 is 0 Å². The van der Waals surface area contributed by atoms with Gasteiger partial charge in [-0.15, -0.1) is 11.3 Å². The van der Waals surface area contributed by atoms with Crippen LogP contribution in [0.5, 0.6) is 0 Å². The molecule has 2 heterocycles. The number of amides is 1. The summed E-state index contributed by atoms with van der Waals surface area (Å²) in [7, 11) is 0. The Morgan fingerprint density at radius 1 is 1.37 bits per heavy atom. The van der Waals surface area contributed by atoms with Crippen molar-refractivity contribution >= 4 is 34.2 Å². The number of hydrogen-bond acceptors (Lipinski definition) is 6. The number of carboxylic acids is 1. The molecule has 0 saturated heterocycles. The van der Waals surface area contributed by atoms with E-state index in [0.29, 0.717) is 10.6 Å². The number of anilines is 1. The van der Waals surface area contributed by atoms with E-state index in [1.807, 2.05) is 0 Å². The Kier molecular flexibility index (Phi) is 5.59. The molecule has 1 amide bonds. The van der Waals surface area contributed by atoms with Crippen molar-refractivity contribution in [2.45, 2.75) is 45.6 Å². The average Bonchev–Trinajstić information content (AvgIpc) is 3.26. The lowest BCUT2D eigenvalue weighted by Crippen LogP contribution is -2.24. The van der Waals surface area contributed by atoms with Gasteiger partial charge in [0.15, 0.2) is 0 Å². The molecule has 0 saturated carbocycles. The van der Waals surface area contributed by atoms with Crippen molar-refractivity contribution in [3.8, 4) is 0 Å². The van der Waals surface area contributed by atoms with Crippen molar-refractivity contribution in [3.63, 3.8) is 0 Å². The number of esters is 1.